The highest BCUT2D eigenvalue weighted by Crippen LogP contribution is 2.35. The summed E-state index contributed by atoms with van der Waals surface area (Å²) in [6.45, 7) is 3.35. The molecule has 0 spiro atoms. The Balaban J connectivity index is 1.48. The van der Waals surface area contributed by atoms with Crippen LogP contribution in [0.3, 0.4) is 0 Å². The highest BCUT2D eigenvalue weighted by molar-refractivity contribution is 7.92. The molecule has 35 heavy (non-hydrogen) atoms. The number of rotatable bonds is 10. The first-order valence-corrected chi connectivity index (χ1v) is 13.0. The fourth-order valence-corrected chi connectivity index (χ4v) is 5.78. The first-order valence-electron chi connectivity index (χ1n) is 11.4. The van der Waals surface area contributed by atoms with Crippen molar-refractivity contribution in [1.82, 2.24) is 20.3 Å². The molecular formula is C23H28FN5O5S. The number of carbonyl (C=O) groups excluding carboxylic acids is 1. The van der Waals surface area contributed by atoms with E-state index in [-0.39, 0.29) is 24.0 Å². The second kappa shape index (κ2) is 10.5. The van der Waals surface area contributed by atoms with Gasteiger partial charge in [0.05, 0.1) is 31.6 Å². The van der Waals surface area contributed by atoms with Crippen molar-refractivity contribution < 1.29 is 26.9 Å². The monoisotopic (exact) mass is 505 g/mol. The number of hydrogen-bond acceptors (Lipinski definition) is 7. The van der Waals surface area contributed by atoms with Crippen molar-refractivity contribution in [1.29, 1.82) is 0 Å². The molecule has 4 rings (SSSR count). The summed E-state index contributed by atoms with van der Waals surface area (Å²) in [5, 5.41) is 11.1. The van der Waals surface area contributed by atoms with Crippen LogP contribution in [0.5, 0.6) is 5.75 Å². The number of sulfonamides is 1. The van der Waals surface area contributed by atoms with Gasteiger partial charge in [-0.1, -0.05) is 31.0 Å². The lowest BCUT2D eigenvalue weighted by molar-refractivity contribution is -0.119. The smallest absolute Gasteiger partial charge is 0.279 e. The number of carbonyl (C=O) groups is 1. The number of halogens is 1. The van der Waals surface area contributed by atoms with Crippen molar-refractivity contribution >= 4 is 32.7 Å². The molecule has 0 saturated heterocycles. The minimum Gasteiger partial charge on any atom is -0.496 e. The van der Waals surface area contributed by atoms with E-state index >= 15 is 0 Å². The molecule has 3 aromatic rings. The molecular weight excluding hydrogens is 477 g/mol. The van der Waals surface area contributed by atoms with Crippen molar-refractivity contribution in [3.8, 4) is 5.75 Å². The maximum Gasteiger partial charge on any atom is 0.279 e. The van der Waals surface area contributed by atoms with E-state index in [1.807, 2.05) is 0 Å². The van der Waals surface area contributed by atoms with Crippen molar-refractivity contribution in [2.45, 2.75) is 45.2 Å². The Bertz CT molecular complexity index is 1330. The van der Waals surface area contributed by atoms with E-state index in [1.54, 1.807) is 29.1 Å². The molecule has 2 aromatic heterocycles. The summed E-state index contributed by atoms with van der Waals surface area (Å²) in [5.41, 5.74) is 1.69. The van der Waals surface area contributed by atoms with Crippen LogP contribution < -0.4 is 14.8 Å². The average Bonchev–Trinajstić information content (AvgIpc) is 3.43. The summed E-state index contributed by atoms with van der Waals surface area (Å²) in [6, 6.07) is 5.19. The molecule has 12 heteroatoms. The molecule has 0 unspecified atom stereocenters. The molecule has 188 valence electrons. The fraction of sp³-hybridized carbons (Fsp3) is 0.435. The van der Waals surface area contributed by atoms with Gasteiger partial charge in [-0.2, -0.15) is 5.10 Å². The minimum atomic E-state index is -3.59. The molecule has 1 aromatic carbocycles. The van der Waals surface area contributed by atoms with Crippen molar-refractivity contribution in [3.05, 3.63) is 48.1 Å². The lowest BCUT2D eigenvalue weighted by atomic mass is 9.91. The van der Waals surface area contributed by atoms with Crippen LogP contribution in [-0.2, 0) is 27.9 Å². The molecule has 1 aliphatic rings. The molecule has 0 radical (unpaired) electrons. The van der Waals surface area contributed by atoms with Crippen LogP contribution in [0.1, 0.15) is 43.4 Å². The van der Waals surface area contributed by atoms with Gasteiger partial charge in [0.1, 0.15) is 11.1 Å². The van der Waals surface area contributed by atoms with Gasteiger partial charge in [-0.3, -0.25) is 14.2 Å². The summed E-state index contributed by atoms with van der Waals surface area (Å²) in [6.07, 6.45) is 6.82. The zero-order valence-corrected chi connectivity index (χ0v) is 20.2. The Hall–Kier alpha value is -3.41. The zero-order valence-electron chi connectivity index (χ0n) is 19.4. The fourth-order valence-electron chi connectivity index (χ4n) is 4.30. The van der Waals surface area contributed by atoms with Gasteiger partial charge in [-0.15, -0.1) is 0 Å². The molecule has 1 saturated carbocycles. The number of amides is 1. The summed E-state index contributed by atoms with van der Waals surface area (Å²) >= 11 is 0. The van der Waals surface area contributed by atoms with E-state index in [4.69, 9.17) is 9.26 Å². The maximum atomic E-state index is 12.8. The number of anilines is 1. The van der Waals surface area contributed by atoms with Crippen LogP contribution in [0.4, 0.5) is 10.2 Å². The lowest BCUT2D eigenvalue weighted by Gasteiger charge is -2.21. The van der Waals surface area contributed by atoms with E-state index in [0.29, 0.717) is 29.0 Å². The molecule has 0 bridgehead atoms. The standard InChI is InChI=1S/C23H28FN5O5S/c1-15(24)23(30)25-12-18-8-9-29(26-18)13-17-10-19(33-2)21-20(11-17)34-27-22(21)28-35(31,32)14-16-6-4-3-5-7-16/h8-11,16H,1,3-7,12-14H2,2H3,(H,25,30)(H,27,28). The third-order valence-electron chi connectivity index (χ3n) is 5.97. The van der Waals surface area contributed by atoms with Gasteiger partial charge in [0, 0.05) is 6.20 Å². The average molecular weight is 506 g/mol. The largest absolute Gasteiger partial charge is 0.496 e. The van der Waals surface area contributed by atoms with Crippen LogP contribution in [-0.4, -0.2) is 42.1 Å². The third kappa shape index (κ3) is 6.18. The van der Waals surface area contributed by atoms with Crippen LogP contribution in [0.15, 0.2) is 41.3 Å². The first-order chi connectivity index (χ1) is 16.7. The van der Waals surface area contributed by atoms with Gasteiger partial charge in [0.2, 0.25) is 10.0 Å². The molecule has 10 nitrogen and oxygen atoms in total. The van der Waals surface area contributed by atoms with Crippen LogP contribution in [0.25, 0.3) is 11.0 Å². The number of fused-ring (bicyclic) bond motifs is 1. The predicted octanol–water partition coefficient (Wildman–Crippen LogP) is 3.50. The number of ether oxygens (including phenoxy) is 1. The lowest BCUT2D eigenvalue weighted by Crippen LogP contribution is -2.24. The first kappa shape index (κ1) is 24.7. The minimum absolute atomic E-state index is 0.0588. The number of nitrogens with zero attached hydrogens (tertiary/aromatic N) is 3. The summed E-state index contributed by atoms with van der Waals surface area (Å²) in [4.78, 5) is 11.3. The van der Waals surface area contributed by atoms with Crippen molar-refractivity contribution in [2.24, 2.45) is 5.92 Å². The van der Waals surface area contributed by atoms with Gasteiger partial charge >= 0.3 is 0 Å². The van der Waals surface area contributed by atoms with Crippen molar-refractivity contribution in [2.75, 3.05) is 17.6 Å². The van der Waals surface area contributed by atoms with Crippen LogP contribution >= 0.6 is 0 Å². The zero-order chi connectivity index (χ0) is 25.0. The number of nitrogens with one attached hydrogen (secondary N) is 2. The SMILES string of the molecule is C=C(F)C(=O)NCc1ccn(Cc2cc(OC)c3c(NS(=O)(=O)CC4CCCCC4)noc3c2)n1. The maximum absolute atomic E-state index is 12.8. The van der Waals surface area contributed by atoms with E-state index in [2.05, 4.69) is 26.9 Å². The Morgan fingerprint density at radius 2 is 2.09 bits per heavy atom. The Labute approximate surface area is 202 Å². The Morgan fingerprint density at radius 3 is 2.80 bits per heavy atom. The predicted molar refractivity (Wildman–Crippen MR) is 128 cm³/mol. The second-order valence-corrected chi connectivity index (χ2v) is 10.4. The van der Waals surface area contributed by atoms with Gasteiger partial charge in [0.25, 0.3) is 5.91 Å². The number of benzene rings is 1. The molecule has 0 atom stereocenters. The summed E-state index contributed by atoms with van der Waals surface area (Å²) in [5.74, 6) is -1.22. The van der Waals surface area contributed by atoms with Gasteiger partial charge < -0.3 is 14.6 Å². The van der Waals surface area contributed by atoms with Gasteiger partial charge in [-0.05, 0) is 42.5 Å². The van der Waals surface area contributed by atoms with Crippen LogP contribution in [0, 0.1) is 5.92 Å². The number of hydrogen-bond donors (Lipinski definition) is 2. The van der Waals surface area contributed by atoms with Crippen LogP contribution in [0.2, 0.25) is 0 Å². The molecule has 1 fully saturated rings. The molecule has 0 aliphatic heterocycles. The highest BCUT2D eigenvalue weighted by atomic mass is 32.2. The Kier molecular flexibility index (Phi) is 7.39. The second-order valence-electron chi connectivity index (χ2n) is 8.68. The van der Waals surface area contributed by atoms with E-state index in [0.717, 1.165) is 37.7 Å². The van der Waals surface area contributed by atoms with Gasteiger partial charge in [0.15, 0.2) is 17.2 Å². The topological polar surface area (TPSA) is 128 Å². The quantitative estimate of drug-likeness (QED) is 0.404. The molecule has 2 heterocycles. The number of aromatic nitrogens is 3. The molecule has 2 N–H and O–H groups in total. The number of methoxy groups -OCH3 is 1. The van der Waals surface area contributed by atoms with E-state index < -0.39 is 21.8 Å². The summed E-state index contributed by atoms with van der Waals surface area (Å²) < 4.78 is 53.4. The summed E-state index contributed by atoms with van der Waals surface area (Å²) in [7, 11) is -2.11. The molecule has 1 amide bonds. The van der Waals surface area contributed by atoms with Crippen molar-refractivity contribution in [3.63, 3.8) is 0 Å². The van der Waals surface area contributed by atoms with Gasteiger partial charge in [-0.25, -0.2) is 12.8 Å². The third-order valence-corrected chi connectivity index (χ3v) is 7.38. The normalized spacial score (nSPS) is 14.7. The molecule has 1 aliphatic carbocycles. The highest BCUT2D eigenvalue weighted by Gasteiger charge is 2.24. The Morgan fingerprint density at radius 1 is 1.31 bits per heavy atom. The van der Waals surface area contributed by atoms with E-state index in [9.17, 15) is 17.6 Å². The van der Waals surface area contributed by atoms with E-state index in [1.165, 1.54) is 7.11 Å².